The van der Waals surface area contributed by atoms with Crippen molar-refractivity contribution >= 4 is 17.5 Å². The van der Waals surface area contributed by atoms with Gasteiger partial charge in [0, 0.05) is 23.4 Å². The van der Waals surface area contributed by atoms with E-state index in [4.69, 9.17) is 24.9 Å². The molecular weight excluding hydrogens is 406 g/mol. The summed E-state index contributed by atoms with van der Waals surface area (Å²) in [4.78, 5) is 11.6. The molecule has 0 spiro atoms. The minimum atomic E-state index is 0.198. The minimum absolute atomic E-state index is 0.198. The molecule has 3 heterocycles. The number of nitrogens with one attached hydrogen (secondary N) is 1. The van der Waals surface area contributed by atoms with Gasteiger partial charge in [-0.2, -0.15) is 4.98 Å². The Balaban J connectivity index is 1.30. The summed E-state index contributed by atoms with van der Waals surface area (Å²) in [6.45, 7) is 6.12. The van der Waals surface area contributed by atoms with Crippen molar-refractivity contribution in [2.45, 2.75) is 19.8 Å². The summed E-state index contributed by atoms with van der Waals surface area (Å²) < 4.78 is 17.0. The lowest BCUT2D eigenvalue weighted by Gasteiger charge is -2.15. The predicted molar refractivity (Wildman–Crippen MR) is 124 cm³/mol. The Kier molecular flexibility index (Phi) is 5.68. The highest BCUT2D eigenvalue weighted by atomic mass is 16.7. The van der Waals surface area contributed by atoms with Crippen LogP contribution in [0.25, 0.3) is 11.3 Å². The molecular formula is C24H27N5O3. The Morgan fingerprint density at radius 2 is 1.88 bits per heavy atom. The number of likely N-dealkylation sites (tertiary alicyclic amines) is 1. The molecule has 8 heteroatoms. The fourth-order valence-electron chi connectivity index (χ4n) is 4.03. The summed E-state index contributed by atoms with van der Waals surface area (Å²) in [6, 6.07) is 13.5. The number of hydrogen-bond donors (Lipinski definition) is 2. The highest BCUT2D eigenvalue weighted by Gasteiger charge is 2.22. The van der Waals surface area contributed by atoms with Gasteiger partial charge in [-0.3, -0.25) is 4.90 Å². The van der Waals surface area contributed by atoms with Gasteiger partial charge in [0.25, 0.3) is 0 Å². The highest BCUT2D eigenvalue weighted by Crippen LogP contribution is 2.42. The number of ether oxygens (including phenoxy) is 3. The second-order valence-electron chi connectivity index (χ2n) is 7.99. The van der Waals surface area contributed by atoms with E-state index in [0.29, 0.717) is 35.6 Å². The number of benzene rings is 2. The fourth-order valence-corrected chi connectivity index (χ4v) is 4.03. The molecule has 8 nitrogen and oxygen atoms in total. The van der Waals surface area contributed by atoms with E-state index in [-0.39, 0.29) is 6.79 Å². The maximum absolute atomic E-state index is 6.20. The molecule has 3 N–H and O–H groups in total. The molecule has 0 aliphatic carbocycles. The molecule has 5 rings (SSSR count). The topological polar surface area (TPSA) is 94.8 Å². The van der Waals surface area contributed by atoms with Gasteiger partial charge in [0.2, 0.25) is 12.7 Å². The maximum atomic E-state index is 6.20. The largest absolute Gasteiger partial charge is 0.492 e. The second kappa shape index (κ2) is 8.92. The molecule has 166 valence electrons. The lowest BCUT2D eigenvalue weighted by atomic mass is 10.1. The van der Waals surface area contributed by atoms with E-state index < -0.39 is 0 Å². The third kappa shape index (κ3) is 4.27. The summed E-state index contributed by atoms with van der Waals surface area (Å²) in [7, 11) is 0. The normalized spacial score (nSPS) is 15.2. The molecule has 3 aromatic rings. The van der Waals surface area contributed by atoms with E-state index in [1.54, 1.807) is 0 Å². The van der Waals surface area contributed by atoms with Crippen LogP contribution in [0.4, 0.5) is 17.5 Å². The zero-order valence-corrected chi connectivity index (χ0v) is 18.1. The van der Waals surface area contributed by atoms with Gasteiger partial charge in [-0.25, -0.2) is 4.98 Å². The molecule has 1 aromatic heterocycles. The highest BCUT2D eigenvalue weighted by molar-refractivity contribution is 5.77. The number of nitrogen functional groups attached to an aromatic ring is 1. The van der Waals surface area contributed by atoms with E-state index in [2.05, 4.69) is 15.2 Å². The van der Waals surface area contributed by atoms with Crippen molar-refractivity contribution in [2.75, 3.05) is 44.1 Å². The van der Waals surface area contributed by atoms with Crippen molar-refractivity contribution in [1.82, 2.24) is 14.9 Å². The van der Waals surface area contributed by atoms with Crippen molar-refractivity contribution in [3.8, 4) is 28.5 Å². The van der Waals surface area contributed by atoms with Crippen LogP contribution in [0, 0.1) is 6.92 Å². The molecule has 0 amide bonds. The molecule has 2 aliphatic heterocycles. The quantitative estimate of drug-likeness (QED) is 0.578. The number of aromatic nitrogens is 2. The first kappa shape index (κ1) is 20.4. The van der Waals surface area contributed by atoms with E-state index in [9.17, 15) is 0 Å². The fraction of sp³-hybridized carbons (Fsp3) is 0.333. The Bertz CT molecular complexity index is 1100. The first-order valence-electron chi connectivity index (χ1n) is 10.9. The predicted octanol–water partition coefficient (Wildman–Crippen LogP) is 3.98. The summed E-state index contributed by atoms with van der Waals surface area (Å²) >= 11 is 0. The number of nitrogens with zero attached hydrogens (tertiary/aromatic N) is 3. The van der Waals surface area contributed by atoms with Gasteiger partial charge in [0.15, 0.2) is 11.5 Å². The summed E-state index contributed by atoms with van der Waals surface area (Å²) in [6.07, 6.45) is 2.59. The van der Waals surface area contributed by atoms with Crippen LogP contribution in [-0.4, -0.2) is 47.9 Å². The average Bonchev–Trinajstić information content (AvgIpc) is 3.49. The molecule has 1 fully saturated rings. The van der Waals surface area contributed by atoms with Crippen molar-refractivity contribution in [2.24, 2.45) is 0 Å². The molecule has 0 radical (unpaired) electrons. The van der Waals surface area contributed by atoms with Crippen molar-refractivity contribution in [3.63, 3.8) is 0 Å². The first-order valence-corrected chi connectivity index (χ1v) is 10.9. The van der Waals surface area contributed by atoms with Crippen LogP contribution in [0.2, 0.25) is 0 Å². The van der Waals surface area contributed by atoms with E-state index >= 15 is 0 Å². The summed E-state index contributed by atoms with van der Waals surface area (Å²) in [5.74, 6) is 3.05. The Morgan fingerprint density at radius 1 is 1.06 bits per heavy atom. The SMILES string of the molecule is Cc1c(N)nc(Nc2ccc(OCCN3CCCC3)cc2)nc1-c1cccc2c1OCO2. The molecule has 2 aromatic carbocycles. The molecule has 0 bridgehead atoms. The molecule has 1 saturated heterocycles. The zero-order valence-electron chi connectivity index (χ0n) is 18.1. The van der Waals surface area contributed by atoms with Crippen molar-refractivity contribution in [3.05, 3.63) is 48.0 Å². The Morgan fingerprint density at radius 3 is 2.69 bits per heavy atom. The maximum Gasteiger partial charge on any atom is 0.231 e. The molecule has 2 aliphatic rings. The number of nitrogens with two attached hydrogens (primary N) is 1. The number of para-hydroxylation sites is 1. The monoisotopic (exact) mass is 433 g/mol. The second-order valence-corrected chi connectivity index (χ2v) is 7.99. The van der Waals surface area contributed by atoms with Gasteiger partial charge in [-0.15, -0.1) is 0 Å². The minimum Gasteiger partial charge on any atom is -0.492 e. The zero-order chi connectivity index (χ0) is 21.9. The molecule has 0 atom stereocenters. The standard InChI is InChI=1S/C24H27N5O3/c1-16-21(19-5-4-6-20-22(19)32-15-31-20)27-24(28-23(16)25)26-17-7-9-18(10-8-17)30-14-13-29-11-2-3-12-29/h4-10H,2-3,11-15H2,1H3,(H3,25,26,27,28). The average molecular weight is 434 g/mol. The Hall–Kier alpha value is -3.52. The van der Waals surface area contributed by atoms with Crippen LogP contribution in [0.15, 0.2) is 42.5 Å². The van der Waals surface area contributed by atoms with Crippen LogP contribution >= 0.6 is 0 Å². The van der Waals surface area contributed by atoms with Crippen LogP contribution in [0.5, 0.6) is 17.2 Å². The lowest BCUT2D eigenvalue weighted by molar-refractivity contribution is 0.174. The lowest BCUT2D eigenvalue weighted by Crippen LogP contribution is -2.25. The summed E-state index contributed by atoms with van der Waals surface area (Å²) in [5, 5.41) is 3.24. The van der Waals surface area contributed by atoms with Crippen LogP contribution in [0.1, 0.15) is 18.4 Å². The number of hydrogen-bond acceptors (Lipinski definition) is 8. The van der Waals surface area contributed by atoms with Crippen LogP contribution < -0.4 is 25.3 Å². The van der Waals surface area contributed by atoms with Gasteiger partial charge in [0.05, 0.1) is 5.69 Å². The third-order valence-electron chi connectivity index (χ3n) is 5.82. The van der Waals surface area contributed by atoms with Gasteiger partial charge < -0.3 is 25.3 Å². The molecule has 0 saturated carbocycles. The summed E-state index contributed by atoms with van der Waals surface area (Å²) in [5.41, 5.74) is 9.39. The van der Waals surface area contributed by atoms with E-state index in [1.165, 1.54) is 25.9 Å². The molecule has 0 unspecified atom stereocenters. The molecule has 32 heavy (non-hydrogen) atoms. The van der Waals surface area contributed by atoms with Crippen molar-refractivity contribution in [1.29, 1.82) is 0 Å². The first-order chi connectivity index (χ1) is 15.7. The van der Waals surface area contributed by atoms with Gasteiger partial charge >= 0.3 is 0 Å². The van der Waals surface area contributed by atoms with Gasteiger partial charge in [-0.05, 0) is 69.3 Å². The van der Waals surface area contributed by atoms with E-state index in [0.717, 1.165) is 29.1 Å². The van der Waals surface area contributed by atoms with Crippen LogP contribution in [0.3, 0.4) is 0 Å². The van der Waals surface area contributed by atoms with Gasteiger partial charge in [-0.1, -0.05) is 6.07 Å². The smallest absolute Gasteiger partial charge is 0.231 e. The van der Waals surface area contributed by atoms with Crippen LogP contribution in [-0.2, 0) is 0 Å². The Labute approximate surface area is 187 Å². The van der Waals surface area contributed by atoms with Crippen molar-refractivity contribution < 1.29 is 14.2 Å². The number of rotatable bonds is 7. The number of anilines is 3. The van der Waals surface area contributed by atoms with Gasteiger partial charge in [0.1, 0.15) is 18.2 Å². The number of fused-ring (bicyclic) bond motifs is 1. The third-order valence-corrected chi connectivity index (χ3v) is 5.82. The van der Waals surface area contributed by atoms with E-state index in [1.807, 2.05) is 49.4 Å².